The van der Waals surface area contributed by atoms with Crippen LogP contribution in [-0.2, 0) is 17.8 Å². The van der Waals surface area contributed by atoms with Gasteiger partial charge in [0.15, 0.2) is 0 Å². The fraction of sp³-hybridized carbons (Fsp3) is 0.600. The molecule has 3 amide bonds. The van der Waals surface area contributed by atoms with Gasteiger partial charge in [-0.25, -0.2) is 4.79 Å². The minimum absolute atomic E-state index is 0. The summed E-state index contributed by atoms with van der Waals surface area (Å²) < 4.78 is 0. The third kappa shape index (κ3) is 4.93. The molecule has 2 atom stereocenters. The van der Waals surface area contributed by atoms with Crippen LogP contribution in [0.4, 0.5) is 4.79 Å². The fourth-order valence-corrected chi connectivity index (χ4v) is 4.54. The van der Waals surface area contributed by atoms with Gasteiger partial charge < -0.3 is 20.9 Å². The van der Waals surface area contributed by atoms with Crippen molar-refractivity contribution in [1.29, 1.82) is 0 Å². The zero-order chi connectivity index (χ0) is 17.9. The average Bonchev–Trinajstić information content (AvgIpc) is 2.99. The molecule has 1 aromatic rings. The Balaban J connectivity index is 0.00000210. The van der Waals surface area contributed by atoms with Crippen molar-refractivity contribution in [2.45, 2.75) is 63.2 Å². The van der Waals surface area contributed by atoms with Gasteiger partial charge in [-0.2, -0.15) is 0 Å². The Kier molecular flexibility index (Phi) is 6.60. The quantitative estimate of drug-likeness (QED) is 0.733. The first-order valence-corrected chi connectivity index (χ1v) is 9.82. The van der Waals surface area contributed by atoms with Gasteiger partial charge in [-0.05, 0) is 43.2 Å². The van der Waals surface area contributed by atoms with Gasteiger partial charge in [-0.1, -0.05) is 24.3 Å². The van der Waals surface area contributed by atoms with Crippen LogP contribution in [0, 0.1) is 0 Å². The van der Waals surface area contributed by atoms with E-state index in [9.17, 15) is 9.59 Å². The number of benzene rings is 1. The second kappa shape index (κ2) is 8.93. The van der Waals surface area contributed by atoms with Crippen LogP contribution >= 0.6 is 12.4 Å². The van der Waals surface area contributed by atoms with Crippen molar-refractivity contribution in [2.24, 2.45) is 0 Å². The van der Waals surface area contributed by atoms with Gasteiger partial charge in [-0.15, -0.1) is 12.4 Å². The molecule has 0 saturated carbocycles. The van der Waals surface area contributed by atoms with Gasteiger partial charge in [-0.3, -0.25) is 4.79 Å². The lowest BCUT2D eigenvalue weighted by molar-refractivity contribution is -0.121. The number of halogens is 1. The molecule has 2 fully saturated rings. The molecule has 7 heteroatoms. The number of nitrogens with one attached hydrogen (secondary N) is 3. The van der Waals surface area contributed by atoms with Crippen LogP contribution < -0.4 is 16.0 Å². The second-order valence-corrected chi connectivity index (χ2v) is 7.80. The van der Waals surface area contributed by atoms with E-state index in [2.05, 4.69) is 28.1 Å². The maximum atomic E-state index is 12.3. The van der Waals surface area contributed by atoms with Gasteiger partial charge in [0.25, 0.3) is 0 Å². The topological polar surface area (TPSA) is 73.5 Å². The summed E-state index contributed by atoms with van der Waals surface area (Å²) in [6.07, 6.45) is 5.75. The summed E-state index contributed by atoms with van der Waals surface area (Å²) in [5.41, 5.74) is 2.54. The molecule has 27 heavy (non-hydrogen) atoms. The van der Waals surface area contributed by atoms with Crippen molar-refractivity contribution in [2.75, 3.05) is 13.1 Å². The van der Waals surface area contributed by atoms with Crippen LogP contribution in [0.25, 0.3) is 0 Å². The Morgan fingerprint density at radius 2 is 1.81 bits per heavy atom. The summed E-state index contributed by atoms with van der Waals surface area (Å²) in [4.78, 5) is 26.3. The van der Waals surface area contributed by atoms with Gasteiger partial charge in [0.05, 0.1) is 0 Å². The molecule has 4 rings (SSSR count). The summed E-state index contributed by atoms with van der Waals surface area (Å²) in [7, 11) is 0. The lowest BCUT2D eigenvalue weighted by Crippen LogP contribution is -2.48. The molecule has 3 heterocycles. The summed E-state index contributed by atoms with van der Waals surface area (Å²) in [5.74, 6) is 0.0422. The number of urea groups is 1. The minimum Gasteiger partial charge on any atom is -0.353 e. The van der Waals surface area contributed by atoms with Crippen molar-refractivity contribution in [1.82, 2.24) is 20.9 Å². The summed E-state index contributed by atoms with van der Waals surface area (Å²) in [5, 5.41) is 9.62. The van der Waals surface area contributed by atoms with E-state index in [0.29, 0.717) is 31.6 Å². The zero-order valence-corrected chi connectivity index (χ0v) is 16.4. The third-order valence-corrected chi connectivity index (χ3v) is 5.88. The van der Waals surface area contributed by atoms with Crippen molar-refractivity contribution in [3.8, 4) is 0 Å². The molecule has 6 nitrogen and oxygen atoms in total. The van der Waals surface area contributed by atoms with Crippen LogP contribution in [-0.4, -0.2) is 48.1 Å². The van der Waals surface area contributed by atoms with Gasteiger partial charge >= 0.3 is 6.03 Å². The molecule has 2 unspecified atom stereocenters. The van der Waals surface area contributed by atoms with Gasteiger partial charge in [0.2, 0.25) is 5.91 Å². The number of carbonyl (C=O) groups is 2. The van der Waals surface area contributed by atoms with E-state index in [-0.39, 0.29) is 30.4 Å². The fourth-order valence-electron chi connectivity index (χ4n) is 4.54. The van der Waals surface area contributed by atoms with Gasteiger partial charge in [0.1, 0.15) is 0 Å². The first kappa shape index (κ1) is 20.0. The Bertz CT molecular complexity index is 672. The van der Waals surface area contributed by atoms with E-state index in [1.807, 2.05) is 17.0 Å². The Hall–Kier alpha value is -1.79. The minimum atomic E-state index is -0.0767. The number of carbonyl (C=O) groups excluding carboxylic acids is 2. The molecule has 2 bridgehead atoms. The molecule has 0 radical (unpaired) electrons. The second-order valence-electron chi connectivity index (χ2n) is 7.80. The lowest BCUT2D eigenvalue weighted by atomic mass is 10.00. The highest BCUT2D eigenvalue weighted by atomic mass is 35.5. The maximum Gasteiger partial charge on any atom is 0.317 e. The smallest absolute Gasteiger partial charge is 0.317 e. The number of amides is 3. The monoisotopic (exact) mass is 392 g/mol. The van der Waals surface area contributed by atoms with Crippen molar-refractivity contribution >= 4 is 24.3 Å². The van der Waals surface area contributed by atoms with Crippen LogP contribution in [0.5, 0.6) is 0 Å². The molecule has 0 aromatic heterocycles. The number of hydrogen-bond donors (Lipinski definition) is 3. The molecular weight excluding hydrogens is 364 g/mol. The van der Waals surface area contributed by atoms with Crippen LogP contribution in [0.1, 0.15) is 43.2 Å². The molecule has 3 aliphatic rings. The van der Waals surface area contributed by atoms with Gasteiger partial charge in [0, 0.05) is 44.2 Å². The molecule has 0 spiro atoms. The first-order valence-electron chi connectivity index (χ1n) is 9.82. The molecule has 3 N–H and O–H groups in total. The standard InChI is InChI=1S/C20H28N4O2.ClH/c25-19(23-18-11-16-5-6-17(12-18)22-16)7-9-21-20(26)24-10-8-14-3-1-2-4-15(14)13-24;/h1-4,16-18,22H,5-13H2,(H,21,26)(H,23,25);1H. The number of nitrogens with zero attached hydrogens (tertiary/aromatic N) is 1. The number of fused-ring (bicyclic) bond motifs is 3. The molecule has 0 aliphatic carbocycles. The molecular formula is C20H29ClN4O2. The van der Waals surface area contributed by atoms with Crippen molar-refractivity contribution in [3.63, 3.8) is 0 Å². The molecule has 1 aromatic carbocycles. The normalized spacial score (nSPS) is 25.9. The average molecular weight is 393 g/mol. The number of piperidine rings is 1. The summed E-state index contributed by atoms with van der Waals surface area (Å²) >= 11 is 0. The van der Waals surface area contributed by atoms with Crippen molar-refractivity contribution in [3.05, 3.63) is 35.4 Å². The van der Waals surface area contributed by atoms with E-state index in [1.54, 1.807) is 0 Å². The van der Waals surface area contributed by atoms with Crippen LogP contribution in [0.3, 0.4) is 0 Å². The van der Waals surface area contributed by atoms with Crippen LogP contribution in [0.2, 0.25) is 0 Å². The zero-order valence-electron chi connectivity index (χ0n) is 15.6. The highest BCUT2D eigenvalue weighted by Gasteiger charge is 2.33. The first-order chi connectivity index (χ1) is 12.7. The van der Waals surface area contributed by atoms with E-state index in [4.69, 9.17) is 0 Å². The summed E-state index contributed by atoms with van der Waals surface area (Å²) in [6, 6.07) is 9.61. The molecule has 148 valence electrons. The molecule has 3 aliphatic heterocycles. The number of rotatable bonds is 4. The Morgan fingerprint density at radius 1 is 1.11 bits per heavy atom. The largest absolute Gasteiger partial charge is 0.353 e. The molecule has 2 saturated heterocycles. The number of hydrogen-bond acceptors (Lipinski definition) is 3. The van der Waals surface area contributed by atoms with Crippen molar-refractivity contribution < 1.29 is 9.59 Å². The SMILES string of the molecule is Cl.O=C(CCNC(=O)N1CCc2ccccc2C1)NC1CC2CCC(C1)N2. The maximum absolute atomic E-state index is 12.3. The highest BCUT2D eigenvalue weighted by molar-refractivity contribution is 5.85. The van der Waals surface area contributed by atoms with E-state index < -0.39 is 0 Å². The van der Waals surface area contributed by atoms with E-state index in [0.717, 1.165) is 25.8 Å². The third-order valence-electron chi connectivity index (χ3n) is 5.88. The summed E-state index contributed by atoms with van der Waals surface area (Å²) in [6.45, 7) is 1.76. The van der Waals surface area contributed by atoms with E-state index >= 15 is 0 Å². The predicted octanol–water partition coefficient (Wildman–Crippen LogP) is 1.97. The Morgan fingerprint density at radius 3 is 2.56 bits per heavy atom. The lowest BCUT2D eigenvalue weighted by Gasteiger charge is -2.30. The Labute approximate surface area is 166 Å². The highest BCUT2D eigenvalue weighted by Crippen LogP contribution is 2.26. The predicted molar refractivity (Wildman–Crippen MR) is 107 cm³/mol. The van der Waals surface area contributed by atoms with E-state index in [1.165, 1.54) is 24.0 Å². The van der Waals surface area contributed by atoms with Crippen LogP contribution in [0.15, 0.2) is 24.3 Å².